The zero-order valence-corrected chi connectivity index (χ0v) is 11.4. The molecular weight excluding hydrogens is 240 g/mol. The van der Waals surface area contributed by atoms with Crippen LogP contribution in [0.2, 0.25) is 0 Å². The molecular formula is C14H20N4O. The molecule has 0 aliphatic rings. The van der Waals surface area contributed by atoms with E-state index < -0.39 is 0 Å². The van der Waals surface area contributed by atoms with Gasteiger partial charge in [-0.1, -0.05) is 30.3 Å². The highest BCUT2D eigenvalue weighted by Crippen LogP contribution is 2.23. The van der Waals surface area contributed by atoms with Crippen molar-refractivity contribution in [1.29, 1.82) is 0 Å². The highest BCUT2D eigenvalue weighted by molar-refractivity contribution is 5.19. The van der Waals surface area contributed by atoms with Crippen LogP contribution in [0.15, 0.2) is 36.7 Å². The van der Waals surface area contributed by atoms with Crippen LogP contribution in [0.4, 0.5) is 0 Å². The van der Waals surface area contributed by atoms with Gasteiger partial charge in [0.2, 0.25) is 0 Å². The van der Waals surface area contributed by atoms with Gasteiger partial charge in [-0.25, -0.2) is 0 Å². The van der Waals surface area contributed by atoms with Crippen molar-refractivity contribution in [3.8, 4) is 0 Å². The topological polar surface area (TPSA) is 54.2 Å². The van der Waals surface area contributed by atoms with Gasteiger partial charge in [-0.3, -0.25) is 4.90 Å². The highest BCUT2D eigenvalue weighted by atomic mass is 16.3. The van der Waals surface area contributed by atoms with Crippen LogP contribution in [0.1, 0.15) is 23.9 Å². The van der Waals surface area contributed by atoms with Crippen LogP contribution in [-0.2, 0) is 13.6 Å². The third-order valence-corrected chi connectivity index (χ3v) is 3.31. The molecule has 0 saturated carbocycles. The molecule has 0 radical (unpaired) electrons. The van der Waals surface area contributed by atoms with Crippen LogP contribution >= 0.6 is 0 Å². The van der Waals surface area contributed by atoms with Crippen LogP contribution in [-0.4, -0.2) is 38.4 Å². The normalized spacial score (nSPS) is 12.8. The summed E-state index contributed by atoms with van der Waals surface area (Å²) in [6, 6.07) is 10.4. The minimum absolute atomic E-state index is 0.169. The van der Waals surface area contributed by atoms with Gasteiger partial charge in [-0.05, 0) is 19.0 Å². The molecule has 19 heavy (non-hydrogen) atoms. The molecule has 102 valence electrons. The zero-order valence-electron chi connectivity index (χ0n) is 11.4. The Labute approximate surface area is 113 Å². The SMILES string of the molecule is CN(Cc1nncn1C)C(CCO)c1ccccc1. The van der Waals surface area contributed by atoms with Gasteiger partial charge < -0.3 is 9.67 Å². The Morgan fingerprint density at radius 1 is 1.32 bits per heavy atom. The molecule has 5 heteroatoms. The van der Waals surface area contributed by atoms with E-state index in [9.17, 15) is 5.11 Å². The number of aromatic nitrogens is 3. The van der Waals surface area contributed by atoms with Gasteiger partial charge in [-0.15, -0.1) is 10.2 Å². The Kier molecular flexibility index (Phi) is 4.65. The predicted molar refractivity (Wildman–Crippen MR) is 73.4 cm³/mol. The Balaban J connectivity index is 2.13. The first-order valence-corrected chi connectivity index (χ1v) is 6.41. The molecule has 1 aromatic carbocycles. The summed E-state index contributed by atoms with van der Waals surface area (Å²) < 4.78 is 1.91. The zero-order chi connectivity index (χ0) is 13.7. The van der Waals surface area contributed by atoms with Crippen LogP contribution in [0.25, 0.3) is 0 Å². The number of aliphatic hydroxyl groups excluding tert-OH is 1. The van der Waals surface area contributed by atoms with Crippen molar-refractivity contribution in [2.45, 2.75) is 19.0 Å². The average molecular weight is 260 g/mol. The Bertz CT molecular complexity index is 497. The lowest BCUT2D eigenvalue weighted by atomic mass is 10.0. The lowest BCUT2D eigenvalue weighted by molar-refractivity contribution is 0.176. The summed E-state index contributed by atoms with van der Waals surface area (Å²) in [7, 11) is 3.98. The number of benzene rings is 1. The van der Waals surface area contributed by atoms with Crippen molar-refractivity contribution in [3.05, 3.63) is 48.0 Å². The fourth-order valence-corrected chi connectivity index (χ4v) is 2.22. The van der Waals surface area contributed by atoms with E-state index in [0.717, 1.165) is 5.82 Å². The van der Waals surface area contributed by atoms with Gasteiger partial charge in [-0.2, -0.15) is 0 Å². The maximum absolute atomic E-state index is 9.27. The van der Waals surface area contributed by atoms with Crippen molar-refractivity contribution in [2.75, 3.05) is 13.7 Å². The number of nitrogens with zero attached hydrogens (tertiary/aromatic N) is 4. The van der Waals surface area contributed by atoms with Crippen molar-refractivity contribution >= 4 is 0 Å². The van der Waals surface area contributed by atoms with Crippen molar-refractivity contribution in [3.63, 3.8) is 0 Å². The standard InChI is InChI=1S/C14H20N4O/c1-17(10-14-16-15-11-18(14)2)13(8-9-19)12-6-4-3-5-7-12/h3-7,11,13,19H,8-10H2,1-2H3. The highest BCUT2D eigenvalue weighted by Gasteiger charge is 2.18. The minimum Gasteiger partial charge on any atom is -0.396 e. The Morgan fingerprint density at radius 3 is 2.63 bits per heavy atom. The number of hydrogen-bond donors (Lipinski definition) is 1. The fourth-order valence-electron chi connectivity index (χ4n) is 2.22. The summed E-state index contributed by atoms with van der Waals surface area (Å²) in [6.45, 7) is 0.874. The lowest BCUT2D eigenvalue weighted by Gasteiger charge is -2.27. The van der Waals surface area contributed by atoms with E-state index in [0.29, 0.717) is 13.0 Å². The Hall–Kier alpha value is -1.72. The molecule has 0 fully saturated rings. The summed E-state index contributed by atoms with van der Waals surface area (Å²) in [5.41, 5.74) is 1.21. The van der Waals surface area contributed by atoms with Gasteiger partial charge >= 0.3 is 0 Å². The molecule has 0 bridgehead atoms. The van der Waals surface area contributed by atoms with E-state index in [-0.39, 0.29) is 12.6 Å². The van der Waals surface area contributed by atoms with Gasteiger partial charge in [0.05, 0.1) is 6.54 Å². The summed E-state index contributed by atoms with van der Waals surface area (Å²) >= 11 is 0. The number of aliphatic hydroxyl groups is 1. The second kappa shape index (κ2) is 6.45. The van der Waals surface area contributed by atoms with E-state index in [1.54, 1.807) is 6.33 Å². The molecule has 5 nitrogen and oxygen atoms in total. The largest absolute Gasteiger partial charge is 0.396 e. The summed E-state index contributed by atoms with van der Waals surface area (Å²) in [5, 5.41) is 17.3. The van der Waals surface area contributed by atoms with Crippen molar-refractivity contribution in [1.82, 2.24) is 19.7 Å². The van der Waals surface area contributed by atoms with E-state index in [1.807, 2.05) is 36.9 Å². The lowest BCUT2D eigenvalue weighted by Crippen LogP contribution is -2.26. The molecule has 1 unspecified atom stereocenters. The van der Waals surface area contributed by atoms with Crippen LogP contribution in [0.3, 0.4) is 0 Å². The third-order valence-electron chi connectivity index (χ3n) is 3.31. The molecule has 1 N–H and O–H groups in total. The first-order chi connectivity index (χ1) is 9.22. The maximum atomic E-state index is 9.27. The summed E-state index contributed by atoms with van der Waals surface area (Å²) in [6.07, 6.45) is 2.41. The second-order valence-electron chi connectivity index (χ2n) is 4.71. The molecule has 1 heterocycles. The van der Waals surface area contributed by atoms with E-state index in [1.165, 1.54) is 5.56 Å². The summed E-state index contributed by atoms with van der Waals surface area (Å²) in [5.74, 6) is 0.918. The van der Waals surface area contributed by atoms with E-state index in [4.69, 9.17) is 0 Å². The van der Waals surface area contributed by atoms with Crippen molar-refractivity contribution < 1.29 is 5.11 Å². The maximum Gasteiger partial charge on any atom is 0.146 e. The molecule has 0 aliphatic heterocycles. The van der Waals surface area contributed by atoms with Gasteiger partial charge in [0.25, 0.3) is 0 Å². The van der Waals surface area contributed by atoms with Gasteiger partial charge in [0, 0.05) is 19.7 Å². The smallest absolute Gasteiger partial charge is 0.146 e. The molecule has 0 aliphatic carbocycles. The van der Waals surface area contributed by atoms with E-state index >= 15 is 0 Å². The molecule has 2 rings (SSSR count). The quantitative estimate of drug-likeness (QED) is 0.852. The van der Waals surface area contributed by atoms with Crippen LogP contribution in [0.5, 0.6) is 0 Å². The first kappa shape index (κ1) is 13.7. The average Bonchev–Trinajstić information content (AvgIpc) is 2.82. The molecule has 1 aromatic heterocycles. The molecule has 0 spiro atoms. The fraction of sp³-hybridized carbons (Fsp3) is 0.429. The third kappa shape index (κ3) is 3.39. The predicted octanol–water partition coefficient (Wildman–Crippen LogP) is 1.37. The molecule has 0 saturated heterocycles. The second-order valence-corrected chi connectivity index (χ2v) is 4.71. The van der Waals surface area contributed by atoms with E-state index in [2.05, 4.69) is 27.2 Å². The Morgan fingerprint density at radius 2 is 2.05 bits per heavy atom. The number of aryl methyl sites for hydroxylation is 1. The van der Waals surface area contributed by atoms with Gasteiger partial charge in [0.15, 0.2) is 0 Å². The van der Waals surface area contributed by atoms with Crippen LogP contribution in [0, 0.1) is 0 Å². The number of rotatable bonds is 6. The molecule has 1 atom stereocenters. The molecule has 2 aromatic rings. The first-order valence-electron chi connectivity index (χ1n) is 6.41. The minimum atomic E-state index is 0.169. The monoisotopic (exact) mass is 260 g/mol. The summed E-state index contributed by atoms with van der Waals surface area (Å²) in [4.78, 5) is 2.19. The number of hydrogen-bond acceptors (Lipinski definition) is 4. The molecule has 0 amide bonds. The van der Waals surface area contributed by atoms with Crippen LogP contribution < -0.4 is 0 Å². The van der Waals surface area contributed by atoms with Crippen molar-refractivity contribution in [2.24, 2.45) is 7.05 Å². The van der Waals surface area contributed by atoms with Gasteiger partial charge in [0.1, 0.15) is 12.2 Å².